The summed E-state index contributed by atoms with van der Waals surface area (Å²) in [5.41, 5.74) is 0.972. The van der Waals surface area contributed by atoms with Crippen LogP contribution in [0.2, 0.25) is 5.02 Å². The number of halogens is 1. The Morgan fingerprint density at radius 1 is 1.53 bits per heavy atom. The molecule has 2 aliphatic heterocycles. The highest BCUT2D eigenvalue weighted by Crippen LogP contribution is 2.34. The van der Waals surface area contributed by atoms with Crippen LogP contribution in [0.4, 0.5) is 0 Å². The third-order valence-corrected chi connectivity index (χ3v) is 4.24. The van der Waals surface area contributed by atoms with Gasteiger partial charge in [0.25, 0.3) is 0 Å². The third-order valence-electron chi connectivity index (χ3n) is 4.00. The number of carbonyl (C=O) groups is 1. The van der Waals surface area contributed by atoms with E-state index in [-0.39, 0.29) is 17.9 Å². The summed E-state index contributed by atoms with van der Waals surface area (Å²) in [7, 11) is 0. The van der Waals surface area contributed by atoms with Crippen LogP contribution in [0.15, 0.2) is 18.2 Å². The van der Waals surface area contributed by atoms with Crippen LogP contribution in [0.25, 0.3) is 0 Å². The molecule has 0 aromatic heterocycles. The molecule has 102 valence electrons. The second-order valence-electron chi connectivity index (χ2n) is 5.26. The second kappa shape index (κ2) is 5.02. The molecule has 0 bridgehead atoms. The Morgan fingerprint density at radius 2 is 2.32 bits per heavy atom. The Labute approximate surface area is 117 Å². The molecule has 0 aliphatic carbocycles. The zero-order valence-electron chi connectivity index (χ0n) is 10.8. The summed E-state index contributed by atoms with van der Waals surface area (Å²) in [5, 5.41) is 6.92. The maximum absolute atomic E-state index is 12.2. The summed E-state index contributed by atoms with van der Waals surface area (Å²) in [5.74, 6) is 1.38. The van der Waals surface area contributed by atoms with Crippen molar-refractivity contribution in [2.24, 2.45) is 11.8 Å². The van der Waals surface area contributed by atoms with Gasteiger partial charge < -0.3 is 15.4 Å². The molecule has 1 aromatic rings. The van der Waals surface area contributed by atoms with Crippen molar-refractivity contribution in [1.29, 1.82) is 0 Å². The molecule has 19 heavy (non-hydrogen) atoms. The molecule has 1 amide bonds. The van der Waals surface area contributed by atoms with Gasteiger partial charge in [-0.2, -0.15) is 0 Å². The first-order chi connectivity index (χ1) is 9.15. The van der Waals surface area contributed by atoms with Crippen molar-refractivity contribution in [3.05, 3.63) is 28.8 Å². The molecule has 4 nitrogen and oxygen atoms in total. The molecule has 1 fully saturated rings. The molecular formula is C14H17ClN2O2. The molecule has 0 spiro atoms. The lowest BCUT2D eigenvalue weighted by atomic mass is 9.88. The summed E-state index contributed by atoms with van der Waals surface area (Å²) in [6, 6.07) is 5.43. The first-order valence-electron chi connectivity index (χ1n) is 6.58. The van der Waals surface area contributed by atoms with Gasteiger partial charge in [-0.15, -0.1) is 0 Å². The molecule has 2 heterocycles. The smallest absolute Gasteiger partial charge is 0.223 e. The molecule has 0 saturated carbocycles. The van der Waals surface area contributed by atoms with Gasteiger partial charge in [0.2, 0.25) is 5.91 Å². The molecule has 1 saturated heterocycles. The van der Waals surface area contributed by atoms with Crippen molar-refractivity contribution >= 4 is 17.5 Å². The number of rotatable bonds is 3. The van der Waals surface area contributed by atoms with Gasteiger partial charge in [0, 0.05) is 16.5 Å². The predicted octanol–water partition coefficient (Wildman–Crippen LogP) is 1.75. The first-order valence-corrected chi connectivity index (χ1v) is 6.96. The minimum Gasteiger partial charge on any atom is -0.491 e. The van der Waals surface area contributed by atoms with E-state index < -0.39 is 0 Å². The van der Waals surface area contributed by atoms with Crippen LogP contribution in [0.1, 0.15) is 18.5 Å². The number of ether oxygens (including phenoxy) is 1. The van der Waals surface area contributed by atoms with Crippen molar-refractivity contribution in [1.82, 2.24) is 10.6 Å². The van der Waals surface area contributed by atoms with E-state index in [2.05, 4.69) is 10.6 Å². The fourth-order valence-corrected chi connectivity index (χ4v) is 2.67. The van der Waals surface area contributed by atoms with Crippen molar-refractivity contribution in [3.63, 3.8) is 0 Å². The van der Waals surface area contributed by atoms with Gasteiger partial charge in [-0.25, -0.2) is 0 Å². The number of carbonyl (C=O) groups excluding carboxylic acids is 1. The second-order valence-corrected chi connectivity index (χ2v) is 5.70. The SMILES string of the molecule is CC(C(=O)NC1COc2ccc(Cl)cc21)C1CNC1. The standard InChI is InChI=1S/C14H17ClN2O2/c1-8(9-5-16-6-9)14(18)17-12-7-19-13-3-2-10(15)4-11(12)13/h2-4,8-9,12,16H,5-7H2,1H3,(H,17,18). The van der Waals surface area contributed by atoms with Gasteiger partial charge in [0.1, 0.15) is 12.4 Å². The normalized spacial score (nSPS) is 23.2. The topological polar surface area (TPSA) is 50.4 Å². The first kappa shape index (κ1) is 12.8. The van der Waals surface area contributed by atoms with E-state index in [4.69, 9.17) is 16.3 Å². The van der Waals surface area contributed by atoms with Crippen LogP contribution in [0.5, 0.6) is 5.75 Å². The number of nitrogens with one attached hydrogen (secondary N) is 2. The van der Waals surface area contributed by atoms with E-state index in [1.165, 1.54) is 0 Å². The number of hydrogen-bond acceptors (Lipinski definition) is 3. The van der Waals surface area contributed by atoms with Crippen molar-refractivity contribution in [2.45, 2.75) is 13.0 Å². The molecule has 2 unspecified atom stereocenters. The average molecular weight is 281 g/mol. The number of benzene rings is 1. The maximum atomic E-state index is 12.2. The lowest BCUT2D eigenvalue weighted by molar-refractivity contribution is -0.127. The minimum atomic E-state index is -0.0864. The molecule has 2 aliphatic rings. The van der Waals surface area contributed by atoms with Crippen LogP contribution in [0.3, 0.4) is 0 Å². The lowest BCUT2D eigenvalue weighted by Crippen LogP contribution is -2.50. The van der Waals surface area contributed by atoms with E-state index in [9.17, 15) is 4.79 Å². The molecule has 0 radical (unpaired) electrons. The Kier molecular flexibility index (Phi) is 3.37. The van der Waals surface area contributed by atoms with Crippen LogP contribution in [-0.4, -0.2) is 25.6 Å². The minimum absolute atomic E-state index is 0.0319. The van der Waals surface area contributed by atoms with Crippen LogP contribution in [0, 0.1) is 11.8 Å². The monoisotopic (exact) mass is 280 g/mol. The summed E-state index contributed by atoms with van der Waals surface area (Å²) < 4.78 is 5.56. The van der Waals surface area contributed by atoms with E-state index in [0.29, 0.717) is 17.5 Å². The summed E-state index contributed by atoms with van der Waals surface area (Å²) in [6.07, 6.45) is 0. The predicted molar refractivity (Wildman–Crippen MR) is 73.4 cm³/mol. The summed E-state index contributed by atoms with van der Waals surface area (Å²) in [6.45, 7) is 4.32. The Bertz CT molecular complexity index is 502. The number of amides is 1. The van der Waals surface area contributed by atoms with Crippen molar-refractivity contribution < 1.29 is 9.53 Å². The van der Waals surface area contributed by atoms with E-state index in [1.807, 2.05) is 19.1 Å². The summed E-state index contributed by atoms with van der Waals surface area (Å²) in [4.78, 5) is 12.2. The molecule has 2 N–H and O–H groups in total. The largest absolute Gasteiger partial charge is 0.491 e. The van der Waals surface area contributed by atoms with Gasteiger partial charge in [-0.1, -0.05) is 18.5 Å². The Balaban J connectivity index is 1.68. The van der Waals surface area contributed by atoms with E-state index in [1.54, 1.807) is 6.07 Å². The van der Waals surface area contributed by atoms with Crippen LogP contribution in [-0.2, 0) is 4.79 Å². The summed E-state index contributed by atoms with van der Waals surface area (Å²) >= 11 is 5.99. The fraction of sp³-hybridized carbons (Fsp3) is 0.500. The van der Waals surface area contributed by atoms with Gasteiger partial charge in [0.05, 0.1) is 6.04 Å². The van der Waals surface area contributed by atoms with E-state index >= 15 is 0 Å². The van der Waals surface area contributed by atoms with Gasteiger partial charge >= 0.3 is 0 Å². The number of fused-ring (bicyclic) bond motifs is 1. The van der Waals surface area contributed by atoms with Crippen LogP contribution < -0.4 is 15.4 Å². The van der Waals surface area contributed by atoms with Gasteiger partial charge in [0.15, 0.2) is 0 Å². The quantitative estimate of drug-likeness (QED) is 0.887. The third kappa shape index (κ3) is 2.42. The zero-order valence-corrected chi connectivity index (χ0v) is 11.5. The molecule has 5 heteroatoms. The average Bonchev–Trinajstić information content (AvgIpc) is 2.69. The van der Waals surface area contributed by atoms with Crippen molar-refractivity contribution in [3.8, 4) is 5.75 Å². The lowest BCUT2D eigenvalue weighted by Gasteiger charge is -2.32. The fourth-order valence-electron chi connectivity index (χ4n) is 2.49. The van der Waals surface area contributed by atoms with E-state index in [0.717, 1.165) is 24.4 Å². The van der Waals surface area contributed by atoms with Crippen molar-refractivity contribution in [2.75, 3.05) is 19.7 Å². The molecule has 3 rings (SSSR count). The highest BCUT2D eigenvalue weighted by atomic mass is 35.5. The maximum Gasteiger partial charge on any atom is 0.223 e. The molecule has 2 atom stereocenters. The Morgan fingerprint density at radius 3 is 3.00 bits per heavy atom. The highest BCUT2D eigenvalue weighted by molar-refractivity contribution is 6.30. The van der Waals surface area contributed by atoms with Gasteiger partial charge in [-0.05, 0) is 37.2 Å². The molecular weight excluding hydrogens is 264 g/mol. The number of hydrogen-bond donors (Lipinski definition) is 2. The highest BCUT2D eigenvalue weighted by Gasteiger charge is 2.32. The zero-order chi connectivity index (χ0) is 13.4. The van der Waals surface area contributed by atoms with Crippen LogP contribution >= 0.6 is 11.6 Å². The molecule has 1 aromatic carbocycles. The Hall–Kier alpha value is -1.26. The van der Waals surface area contributed by atoms with Gasteiger partial charge in [-0.3, -0.25) is 4.79 Å².